The van der Waals surface area contributed by atoms with Crippen LogP contribution in [-0.2, 0) is 11.3 Å². The summed E-state index contributed by atoms with van der Waals surface area (Å²) >= 11 is 5.31. The number of fused-ring (bicyclic) bond motifs is 1. The summed E-state index contributed by atoms with van der Waals surface area (Å²) in [5.41, 5.74) is 2.90. The van der Waals surface area contributed by atoms with E-state index in [2.05, 4.69) is 16.9 Å². The smallest absolute Gasteiger partial charge is 0.179 e. The third-order valence-corrected chi connectivity index (χ3v) is 3.18. The number of aromatic amines is 1. The number of nitrogens with zero attached hydrogens (tertiary/aromatic N) is 2. The molecule has 98 valence electrons. The van der Waals surface area contributed by atoms with Crippen LogP contribution in [0.15, 0.2) is 12.1 Å². The highest BCUT2D eigenvalue weighted by atomic mass is 32.1. The van der Waals surface area contributed by atoms with Crippen LogP contribution >= 0.6 is 12.2 Å². The number of aromatic nitrogens is 3. The zero-order chi connectivity index (χ0) is 13.0. The first-order valence-electron chi connectivity index (χ1n) is 6.36. The van der Waals surface area contributed by atoms with E-state index in [-0.39, 0.29) is 0 Å². The Morgan fingerprint density at radius 3 is 3.00 bits per heavy atom. The van der Waals surface area contributed by atoms with E-state index in [4.69, 9.17) is 17.0 Å². The Kier molecular flexibility index (Phi) is 4.49. The van der Waals surface area contributed by atoms with E-state index in [1.807, 2.05) is 23.6 Å². The maximum absolute atomic E-state index is 5.57. The van der Waals surface area contributed by atoms with Crippen LogP contribution in [0.2, 0.25) is 0 Å². The van der Waals surface area contributed by atoms with Crippen molar-refractivity contribution in [1.82, 2.24) is 14.5 Å². The second kappa shape index (κ2) is 6.11. The fourth-order valence-corrected chi connectivity index (χ4v) is 2.12. The molecule has 0 fully saturated rings. The van der Waals surface area contributed by atoms with Gasteiger partial charge in [0.15, 0.2) is 10.4 Å². The lowest BCUT2D eigenvalue weighted by Crippen LogP contribution is -2.07. The van der Waals surface area contributed by atoms with E-state index in [0.29, 0.717) is 11.4 Å². The number of imidazole rings is 1. The van der Waals surface area contributed by atoms with Crippen molar-refractivity contribution in [3.05, 3.63) is 22.6 Å². The van der Waals surface area contributed by atoms with E-state index in [1.165, 1.54) is 0 Å². The van der Waals surface area contributed by atoms with Gasteiger partial charge < -0.3 is 9.72 Å². The third-order valence-electron chi connectivity index (χ3n) is 2.86. The largest absolute Gasteiger partial charge is 0.380 e. The molecule has 4 nitrogen and oxygen atoms in total. The number of nitrogens with one attached hydrogen (secondary N) is 1. The van der Waals surface area contributed by atoms with Gasteiger partial charge in [-0.3, -0.25) is 4.57 Å². The first-order chi connectivity index (χ1) is 8.72. The highest BCUT2D eigenvalue weighted by molar-refractivity contribution is 7.71. The summed E-state index contributed by atoms with van der Waals surface area (Å²) in [4.78, 5) is 7.69. The molecule has 0 aromatic carbocycles. The molecule has 0 saturated carbocycles. The Morgan fingerprint density at radius 1 is 1.39 bits per heavy atom. The van der Waals surface area contributed by atoms with E-state index in [9.17, 15) is 0 Å². The number of aryl methyl sites for hydroxylation is 1. The zero-order valence-electron chi connectivity index (χ0n) is 10.9. The van der Waals surface area contributed by atoms with E-state index in [0.717, 1.165) is 42.9 Å². The average molecular weight is 265 g/mol. The number of hydrogen-bond donors (Lipinski definition) is 1. The summed E-state index contributed by atoms with van der Waals surface area (Å²) in [7, 11) is 0. The molecule has 1 N–H and O–H groups in total. The van der Waals surface area contributed by atoms with Crippen molar-refractivity contribution < 1.29 is 4.74 Å². The number of ether oxygens (including phenoxy) is 1. The quantitative estimate of drug-likeness (QED) is 0.644. The molecule has 18 heavy (non-hydrogen) atoms. The summed E-state index contributed by atoms with van der Waals surface area (Å²) in [5, 5.41) is 0. The molecule has 2 aromatic heterocycles. The van der Waals surface area contributed by atoms with Gasteiger partial charge >= 0.3 is 0 Å². The first kappa shape index (κ1) is 13.2. The Bertz CT molecular complexity index is 573. The molecule has 0 aliphatic heterocycles. The van der Waals surface area contributed by atoms with Crippen molar-refractivity contribution in [3.8, 4) is 0 Å². The van der Waals surface area contributed by atoms with Crippen LogP contribution in [0.3, 0.4) is 0 Å². The van der Waals surface area contributed by atoms with Crippen LogP contribution in [-0.4, -0.2) is 27.7 Å². The SMILES string of the molecule is CCCCOCCn1c(=S)[nH]c2ccc(C)nc21. The molecule has 0 radical (unpaired) electrons. The number of rotatable bonds is 6. The average Bonchev–Trinajstić information content (AvgIpc) is 2.65. The molecule has 0 aliphatic rings. The highest BCUT2D eigenvalue weighted by Crippen LogP contribution is 2.12. The van der Waals surface area contributed by atoms with Crippen molar-refractivity contribution in [3.63, 3.8) is 0 Å². The Morgan fingerprint density at radius 2 is 2.22 bits per heavy atom. The molecule has 2 rings (SSSR count). The van der Waals surface area contributed by atoms with Crippen molar-refractivity contribution in [2.45, 2.75) is 33.2 Å². The molecule has 2 aromatic rings. The van der Waals surface area contributed by atoms with Gasteiger partial charge in [0.05, 0.1) is 18.7 Å². The van der Waals surface area contributed by atoms with Crippen molar-refractivity contribution in [1.29, 1.82) is 0 Å². The lowest BCUT2D eigenvalue weighted by Gasteiger charge is -2.05. The number of unbranched alkanes of at least 4 members (excludes halogenated alkanes) is 1. The fraction of sp³-hybridized carbons (Fsp3) is 0.538. The van der Waals surface area contributed by atoms with Crippen LogP contribution in [0, 0.1) is 11.7 Å². The minimum absolute atomic E-state index is 0.677. The molecule has 0 spiro atoms. The molecule has 0 saturated heterocycles. The molecule has 0 atom stereocenters. The third kappa shape index (κ3) is 2.97. The normalized spacial score (nSPS) is 11.2. The van der Waals surface area contributed by atoms with Gasteiger partial charge in [-0.2, -0.15) is 0 Å². The van der Waals surface area contributed by atoms with Gasteiger partial charge in [-0.25, -0.2) is 4.98 Å². The lowest BCUT2D eigenvalue weighted by atomic mass is 10.3. The van der Waals surface area contributed by atoms with E-state index in [1.54, 1.807) is 0 Å². The number of pyridine rings is 1. The maximum Gasteiger partial charge on any atom is 0.179 e. The second-order valence-corrected chi connectivity index (χ2v) is 4.76. The van der Waals surface area contributed by atoms with Crippen LogP contribution in [0.25, 0.3) is 11.2 Å². The fourth-order valence-electron chi connectivity index (χ4n) is 1.84. The Balaban J connectivity index is 2.10. The number of hydrogen-bond acceptors (Lipinski definition) is 3. The topological polar surface area (TPSA) is 42.8 Å². The Hall–Kier alpha value is -1.20. The van der Waals surface area contributed by atoms with Crippen LogP contribution in [0.4, 0.5) is 0 Å². The molecular formula is C13H19N3OS. The number of H-pyrrole nitrogens is 1. The van der Waals surface area contributed by atoms with Gasteiger partial charge in [0.1, 0.15) is 0 Å². The predicted molar refractivity (Wildman–Crippen MR) is 75.4 cm³/mol. The molecule has 5 heteroatoms. The van der Waals surface area contributed by atoms with Gasteiger partial charge in [0, 0.05) is 12.3 Å². The van der Waals surface area contributed by atoms with Gasteiger partial charge in [-0.05, 0) is 37.7 Å². The van der Waals surface area contributed by atoms with E-state index >= 15 is 0 Å². The minimum Gasteiger partial charge on any atom is -0.380 e. The van der Waals surface area contributed by atoms with Gasteiger partial charge in [0.25, 0.3) is 0 Å². The van der Waals surface area contributed by atoms with Crippen molar-refractivity contribution >= 4 is 23.4 Å². The van der Waals surface area contributed by atoms with Crippen molar-refractivity contribution in [2.75, 3.05) is 13.2 Å². The zero-order valence-corrected chi connectivity index (χ0v) is 11.7. The summed E-state index contributed by atoms with van der Waals surface area (Å²) in [6.07, 6.45) is 2.27. The van der Waals surface area contributed by atoms with Crippen LogP contribution in [0.5, 0.6) is 0 Å². The molecule has 0 unspecified atom stereocenters. The minimum atomic E-state index is 0.677. The summed E-state index contributed by atoms with van der Waals surface area (Å²) < 4.78 is 8.29. The Labute approximate surface area is 112 Å². The van der Waals surface area contributed by atoms with Crippen LogP contribution < -0.4 is 0 Å². The highest BCUT2D eigenvalue weighted by Gasteiger charge is 2.05. The molecule has 0 amide bonds. The second-order valence-electron chi connectivity index (χ2n) is 4.37. The molecule has 0 aliphatic carbocycles. The maximum atomic E-state index is 5.57. The standard InChI is InChI=1S/C13H19N3OS/c1-3-4-8-17-9-7-16-12-11(15-13(16)18)6-5-10(2)14-12/h5-6H,3-4,7-9H2,1-2H3,(H,15,18). The lowest BCUT2D eigenvalue weighted by molar-refractivity contribution is 0.124. The van der Waals surface area contributed by atoms with Gasteiger partial charge in [-0.15, -0.1) is 0 Å². The van der Waals surface area contributed by atoms with Gasteiger partial charge in [0.2, 0.25) is 0 Å². The summed E-state index contributed by atoms with van der Waals surface area (Å²) in [6, 6.07) is 4.00. The summed E-state index contributed by atoms with van der Waals surface area (Å²) in [5.74, 6) is 0. The summed E-state index contributed by atoms with van der Waals surface area (Å²) in [6.45, 7) is 6.39. The predicted octanol–water partition coefficient (Wildman–Crippen LogP) is 3.22. The molecular weight excluding hydrogens is 246 g/mol. The first-order valence-corrected chi connectivity index (χ1v) is 6.77. The van der Waals surface area contributed by atoms with E-state index < -0.39 is 0 Å². The molecule has 0 bridgehead atoms. The van der Waals surface area contributed by atoms with Crippen LogP contribution in [0.1, 0.15) is 25.5 Å². The van der Waals surface area contributed by atoms with Crippen molar-refractivity contribution in [2.24, 2.45) is 0 Å². The molecule has 2 heterocycles. The monoisotopic (exact) mass is 265 g/mol. The van der Waals surface area contributed by atoms with Gasteiger partial charge in [-0.1, -0.05) is 13.3 Å².